The third-order valence-electron chi connectivity index (χ3n) is 8.84. The van der Waals surface area contributed by atoms with E-state index in [1.165, 1.54) is 4.90 Å². The first kappa shape index (κ1) is 24.5. The van der Waals surface area contributed by atoms with Crippen molar-refractivity contribution in [3.63, 3.8) is 0 Å². The molecule has 2 N–H and O–H groups in total. The van der Waals surface area contributed by atoms with Crippen molar-refractivity contribution in [2.24, 2.45) is 29.1 Å². The summed E-state index contributed by atoms with van der Waals surface area (Å²) >= 11 is 0. The highest BCUT2D eigenvalue weighted by Crippen LogP contribution is 2.64. The fourth-order valence-corrected chi connectivity index (χ4v) is 7.17. The van der Waals surface area contributed by atoms with Crippen LogP contribution in [0, 0.1) is 29.1 Å². The minimum absolute atomic E-state index is 0.0481. The maximum atomic E-state index is 14.3. The number of amides is 4. The van der Waals surface area contributed by atoms with E-state index in [0.29, 0.717) is 17.0 Å². The van der Waals surface area contributed by atoms with Crippen LogP contribution in [0.1, 0.15) is 31.2 Å². The monoisotopic (exact) mass is 516 g/mol. The van der Waals surface area contributed by atoms with Gasteiger partial charge in [0.1, 0.15) is 12.4 Å². The summed E-state index contributed by atoms with van der Waals surface area (Å²) in [5.41, 5.74) is 0.769. The molecular weight excluding hydrogens is 488 g/mol. The first-order valence-electron chi connectivity index (χ1n) is 12.8. The number of fused-ring (bicyclic) bond motifs is 4. The van der Waals surface area contributed by atoms with Crippen molar-refractivity contribution in [1.82, 2.24) is 5.06 Å². The third-order valence-corrected chi connectivity index (χ3v) is 8.84. The van der Waals surface area contributed by atoms with E-state index in [1.54, 1.807) is 43.3 Å². The van der Waals surface area contributed by atoms with Crippen molar-refractivity contribution < 1.29 is 34.2 Å². The molecule has 0 bridgehead atoms. The highest BCUT2D eigenvalue weighted by atomic mass is 16.5. The summed E-state index contributed by atoms with van der Waals surface area (Å²) in [7, 11) is 0. The van der Waals surface area contributed by atoms with Crippen LogP contribution < -0.4 is 9.64 Å². The average Bonchev–Trinajstić information content (AvgIpc) is 3.27. The van der Waals surface area contributed by atoms with Gasteiger partial charge < -0.3 is 9.84 Å². The second kappa shape index (κ2) is 8.89. The molecule has 3 fully saturated rings. The average molecular weight is 517 g/mol. The Morgan fingerprint density at radius 1 is 0.947 bits per heavy atom. The van der Waals surface area contributed by atoms with E-state index >= 15 is 0 Å². The number of rotatable bonds is 5. The summed E-state index contributed by atoms with van der Waals surface area (Å²) in [6.07, 6.45) is 2.37. The van der Waals surface area contributed by atoms with Crippen LogP contribution in [0.15, 0.2) is 66.2 Å². The zero-order valence-electron chi connectivity index (χ0n) is 20.8. The molecule has 0 aromatic heterocycles. The van der Waals surface area contributed by atoms with Crippen LogP contribution in [0.4, 0.5) is 5.69 Å². The number of hydrogen-bond donors (Lipinski definition) is 2. The normalized spacial score (nSPS) is 32.2. The zero-order chi connectivity index (χ0) is 26.8. The molecule has 9 heteroatoms. The lowest BCUT2D eigenvalue weighted by molar-refractivity contribution is -0.173. The number of para-hydroxylation sites is 2. The number of imide groups is 2. The molecule has 2 aliphatic heterocycles. The van der Waals surface area contributed by atoms with Gasteiger partial charge in [-0.2, -0.15) is 5.06 Å². The number of carbonyl (C=O) groups excluding carboxylic acids is 4. The highest BCUT2D eigenvalue weighted by molar-refractivity contribution is 6.24. The predicted molar refractivity (Wildman–Crippen MR) is 134 cm³/mol. The Morgan fingerprint density at radius 3 is 2.39 bits per heavy atom. The molecule has 9 nitrogen and oxygen atoms in total. The molecule has 2 saturated heterocycles. The van der Waals surface area contributed by atoms with E-state index in [-0.39, 0.29) is 42.9 Å². The summed E-state index contributed by atoms with van der Waals surface area (Å²) in [4.78, 5) is 55.2. The van der Waals surface area contributed by atoms with Gasteiger partial charge in [0.15, 0.2) is 0 Å². The smallest absolute Gasteiger partial charge is 0.257 e. The molecule has 38 heavy (non-hydrogen) atoms. The van der Waals surface area contributed by atoms with E-state index < -0.39 is 46.8 Å². The molecule has 6 atom stereocenters. The molecule has 0 radical (unpaired) electrons. The van der Waals surface area contributed by atoms with Crippen LogP contribution in [0.25, 0.3) is 0 Å². The molecule has 2 aromatic carbocycles. The lowest BCUT2D eigenvalue weighted by atomic mass is 9.51. The van der Waals surface area contributed by atoms with Crippen LogP contribution >= 0.6 is 0 Å². The van der Waals surface area contributed by atoms with Crippen molar-refractivity contribution in [3.05, 3.63) is 71.8 Å². The molecule has 4 aliphatic rings. The zero-order valence-corrected chi connectivity index (χ0v) is 20.8. The molecule has 1 saturated carbocycles. The molecule has 196 valence electrons. The molecule has 4 amide bonds. The van der Waals surface area contributed by atoms with Crippen molar-refractivity contribution in [3.8, 4) is 5.75 Å². The second-order valence-corrected chi connectivity index (χ2v) is 10.6. The Balaban J connectivity index is 1.54. The number of benzene rings is 2. The summed E-state index contributed by atoms with van der Waals surface area (Å²) in [5.74, 6) is -4.91. The maximum absolute atomic E-state index is 14.3. The summed E-state index contributed by atoms with van der Waals surface area (Å²) in [5, 5.41) is 19.8. The summed E-state index contributed by atoms with van der Waals surface area (Å²) in [6.45, 7) is 1.65. The molecule has 2 aliphatic carbocycles. The van der Waals surface area contributed by atoms with Crippen molar-refractivity contribution >= 4 is 29.3 Å². The summed E-state index contributed by atoms with van der Waals surface area (Å²) in [6, 6.07) is 16.0. The number of hydroxylamine groups is 2. The van der Waals surface area contributed by atoms with Crippen molar-refractivity contribution in [1.29, 1.82) is 0 Å². The lowest BCUT2D eigenvalue weighted by Crippen LogP contribution is -2.49. The number of carbonyl (C=O) groups is 4. The van der Waals surface area contributed by atoms with Gasteiger partial charge in [0.05, 0.1) is 35.5 Å². The topological polar surface area (TPSA) is 124 Å². The molecule has 2 aromatic rings. The Hall–Kier alpha value is -3.82. The second-order valence-electron chi connectivity index (χ2n) is 10.6. The number of anilines is 1. The van der Waals surface area contributed by atoms with Crippen LogP contribution in [0.3, 0.4) is 0 Å². The number of hydrogen-bond acceptors (Lipinski definition) is 7. The SMILES string of the molecule is C[C@@]12C(=O)N(c3ccccc3)C(=O)[C@@H]1C[C@@H]1C(=CC[C@@H]3C(=O)N(O)C(=O)[C@@H]31)[C@@H]2c1ccccc1OCCO. The standard InChI is InChI=1S/C29H28N2O7/c1-29-21(26(34)30(28(29)36)16-7-3-2-4-8-16)15-20-17(11-12-19-23(20)27(35)31(37)25(19)33)24(29)18-9-5-6-10-22(18)38-14-13-32/h2-11,19-21,23-24,32,37H,12-15H2,1H3/t19-,20+,21-,23-,24+,29+/m0/s1. The Morgan fingerprint density at radius 2 is 1.66 bits per heavy atom. The first-order valence-corrected chi connectivity index (χ1v) is 12.8. The third kappa shape index (κ3) is 3.25. The van der Waals surface area contributed by atoms with Gasteiger partial charge in [0, 0.05) is 11.5 Å². The van der Waals surface area contributed by atoms with Crippen LogP contribution in [-0.2, 0) is 19.2 Å². The van der Waals surface area contributed by atoms with Gasteiger partial charge >= 0.3 is 0 Å². The van der Waals surface area contributed by atoms with Crippen LogP contribution in [-0.4, -0.2) is 52.2 Å². The number of ether oxygens (including phenoxy) is 1. The van der Waals surface area contributed by atoms with Gasteiger partial charge in [-0.3, -0.25) is 24.4 Å². The van der Waals surface area contributed by atoms with Gasteiger partial charge in [0.25, 0.3) is 11.8 Å². The first-order chi connectivity index (χ1) is 18.3. The van der Waals surface area contributed by atoms with E-state index in [4.69, 9.17) is 4.74 Å². The Kier molecular flexibility index (Phi) is 5.73. The molecule has 2 heterocycles. The largest absolute Gasteiger partial charge is 0.491 e. The van der Waals surface area contributed by atoms with Crippen molar-refractivity contribution in [2.45, 2.75) is 25.7 Å². The molecular formula is C29H28N2O7. The minimum atomic E-state index is -1.19. The van der Waals surface area contributed by atoms with Gasteiger partial charge in [-0.05, 0) is 43.9 Å². The van der Waals surface area contributed by atoms with Crippen LogP contribution in [0.2, 0.25) is 0 Å². The molecule has 0 unspecified atom stereocenters. The number of aliphatic hydroxyl groups is 1. The van der Waals surface area contributed by atoms with Crippen molar-refractivity contribution in [2.75, 3.05) is 18.1 Å². The van der Waals surface area contributed by atoms with Gasteiger partial charge in [-0.1, -0.05) is 48.0 Å². The van der Waals surface area contributed by atoms with E-state index in [1.807, 2.05) is 24.3 Å². The minimum Gasteiger partial charge on any atom is -0.491 e. The lowest BCUT2D eigenvalue weighted by Gasteiger charge is -2.49. The number of nitrogens with zero attached hydrogens (tertiary/aromatic N) is 2. The highest BCUT2D eigenvalue weighted by Gasteiger charge is 2.67. The predicted octanol–water partition coefficient (Wildman–Crippen LogP) is 2.68. The van der Waals surface area contributed by atoms with Gasteiger partial charge in [-0.25, -0.2) is 4.90 Å². The number of aliphatic hydroxyl groups excluding tert-OH is 1. The molecule has 6 rings (SSSR count). The fourth-order valence-electron chi connectivity index (χ4n) is 7.17. The van der Waals surface area contributed by atoms with Crippen LogP contribution in [0.5, 0.6) is 5.75 Å². The van der Waals surface area contributed by atoms with Gasteiger partial charge in [0.2, 0.25) is 11.8 Å². The summed E-state index contributed by atoms with van der Waals surface area (Å²) < 4.78 is 5.87. The molecule has 0 spiro atoms. The van der Waals surface area contributed by atoms with E-state index in [0.717, 1.165) is 5.57 Å². The fraction of sp³-hybridized carbons (Fsp3) is 0.379. The van der Waals surface area contributed by atoms with E-state index in [2.05, 4.69) is 0 Å². The Bertz CT molecular complexity index is 1370. The Labute approximate surface area is 219 Å². The van der Waals surface area contributed by atoms with E-state index in [9.17, 15) is 29.5 Å². The maximum Gasteiger partial charge on any atom is 0.257 e. The van der Waals surface area contributed by atoms with Gasteiger partial charge in [-0.15, -0.1) is 0 Å². The quantitative estimate of drug-likeness (QED) is 0.356. The number of allylic oxidation sites excluding steroid dienone is 2.